The van der Waals surface area contributed by atoms with Gasteiger partial charge < -0.3 is 80.4 Å². The molecule has 0 aliphatic carbocycles. The molecule has 1 amide bonds. The lowest BCUT2D eigenvalue weighted by Crippen LogP contribution is -2.66. The highest BCUT2D eigenvalue weighted by molar-refractivity contribution is 5.73. The van der Waals surface area contributed by atoms with Crippen molar-refractivity contribution in [1.82, 2.24) is 5.32 Å². The number of rotatable bonds is 12. The number of amides is 1. The first-order valence-corrected chi connectivity index (χ1v) is 11.5. The molecule has 0 aromatic carbocycles. The Balaban J connectivity index is 2.39. The van der Waals surface area contributed by atoms with E-state index < -0.39 is 118 Å². The second-order valence-corrected chi connectivity index (χ2v) is 8.83. The van der Waals surface area contributed by atoms with E-state index in [4.69, 9.17) is 18.9 Å². The van der Waals surface area contributed by atoms with Crippen molar-refractivity contribution >= 4 is 5.91 Å². The summed E-state index contributed by atoms with van der Waals surface area (Å²) in [5.74, 6) is -0.695. The molecule has 0 bridgehead atoms. The SMILES string of the molecule is CC(=O)N[C@H]1[C@H](O[C@@H]([C@H](O[C@H]2O[C@H](CO)[C@@H](O)[C@H](O)[C@@H]2O)[C@H](O)CO)[C@H](O)CO)O[C@H](CO)[C@@H](O)[C@@H]1O. The molecule has 0 aromatic rings. The van der Waals surface area contributed by atoms with E-state index in [9.17, 15) is 61.0 Å². The molecule has 2 saturated heterocycles. The first-order chi connectivity index (χ1) is 17.4. The molecule has 37 heavy (non-hydrogen) atoms. The number of nitrogens with one attached hydrogen (secondary N) is 1. The lowest BCUT2D eigenvalue weighted by Gasteiger charge is -2.46. The number of aliphatic hydroxyl groups is 11. The zero-order valence-corrected chi connectivity index (χ0v) is 19.9. The Hall–Kier alpha value is -1.13. The van der Waals surface area contributed by atoms with Gasteiger partial charge in [0.05, 0.1) is 26.4 Å². The second-order valence-electron chi connectivity index (χ2n) is 8.83. The third-order valence-electron chi connectivity index (χ3n) is 6.14. The molecular formula is C20H37NO16. The lowest BCUT2D eigenvalue weighted by atomic mass is 9.96. The van der Waals surface area contributed by atoms with Crippen molar-refractivity contribution in [2.75, 3.05) is 26.4 Å². The Morgan fingerprint density at radius 2 is 1.16 bits per heavy atom. The van der Waals surface area contributed by atoms with Crippen LogP contribution in [0.5, 0.6) is 0 Å². The molecule has 0 saturated carbocycles. The number of carbonyl (C=O) groups excluding carboxylic acids is 1. The summed E-state index contributed by atoms with van der Waals surface area (Å²) in [7, 11) is 0. The van der Waals surface area contributed by atoms with Gasteiger partial charge in [0.15, 0.2) is 12.6 Å². The molecule has 12 N–H and O–H groups in total. The highest BCUT2D eigenvalue weighted by Crippen LogP contribution is 2.29. The summed E-state index contributed by atoms with van der Waals surface area (Å²) in [5.41, 5.74) is 0. The van der Waals surface area contributed by atoms with Gasteiger partial charge in [-0.1, -0.05) is 0 Å². The van der Waals surface area contributed by atoms with Crippen molar-refractivity contribution < 1.29 is 79.9 Å². The molecule has 17 heteroatoms. The van der Waals surface area contributed by atoms with Gasteiger partial charge in [-0.25, -0.2) is 0 Å². The number of aliphatic hydroxyl groups excluding tert-OH is 11. The molecule has 0 unspecified atom stereocenters. The Labute approximate surface area is 211 Å². The van der Waals surface area contributed by atoms with Crippen molar-refractivity contribution in [2.24, 2.45) is 0 Å². The smallest absolute Gasteiger partial charge is 0.217 e. The molecule has 17 nitrogen and oxygen atoms in total. The first-order valence-electron chi connectivity index (χ1n) is 11.5. The maximum atomic E-state index is 11.7. The fourth-order valence-corrected chi connectivity index (χ4v) is 4.06. The first kappa shape index (κ1) is 32.1. The molecule has 2 aliphatic heterocycles. The molecule has 2 aliphatic rings. The van der Waals surface area contributed by atoms with Crippen LogP contribution in [0.15, 0.2) is 0 Å². The minimum atomic E-state index is -1.95. The highest BCUT2D eigenvalue weighted by atomic mass is 16.7. The third-order valence-corrected chi connectivity index (χ3v) is 6.14. The van der Waals surface area contributed by atoms with E-state index in [0.29, 0.717) is 0 Å². The lowest BCUT2D eigenvalue weighted by molar-refractivity contribution is -0.345. The molecular weight excluding hydrogens is 510 g/mol. The van der Waals surface area contributed by atoms with Crippen molar-refractivity contribution in [1.29, 1.82) is 0 Å². The van der Waals surface area contributed by atoms with Gasteiger partial charge >= 0.3 is 0 Å². The van der Waals surface area contributed by atoms with Crippen molar-refractivity contribution in [2.45, 2.75) is 92.7 Å². The summed E-state index contributed by atoms with van der Waals surface area (Å²) >= 11 is 0. The molecule has 0 aromatic heterocycles. The van der Waals surface area contributed by atoms with Gasteiger partial charge in [-0.05, 0) is 0 Å². The maximum Gasteiger partial charge on any atom is 0.217 e. The van der Waals surface area contributed by atoms with Crippen LogP contribution in [-0.2, 0) is 23.7 Å². The summed E-state index contributed by atoms with van der Waals surface area (Å²) in [6.45, 7) is -2.59. The van der Waals surface area contributed by atoms with Gasteiger partial charge in [-0.2, -0.15) is 0 Å². The van der Waals surface area contributed by atoms with Gasteiger partial charge in [0.25, 0.3) is 0 Å². The highest BCUT2D eigenvalue weighted by Gasteiger charge is 2.50. The van der Waals surface area contributed by atoms with Gasteiger partial charge in [0.1, 0.15) is 73.2 Å². The molecule has 0 spiro atoms. The molecule has 14 atom stereocenters. The van der Waals surface area contributed by atoms with E-state index in [1.54, 1.807) is 0 Å². The van der Waals surface area contributed by atoms with E-state index in [1.165, 1.54) is 0 Å². The molecule has 2 fully saturated rings. The molecule has 2 rings (SSSR count). The second kappa shape index (κ2) is 14.3. The minimum absolute atomic E-state index is 0.695. The van der Waals surface area contributed by atoms with Crippen molar-refractivity contribution in [3.63, 3.8) is 0 Å². The fourth-order valence-electron chi connectivity index (χ4n) is 4.06. The van der Waals surface area contributed by atoms with Crippen LogP contribution in [0.25, 0.3) is 0 Å². The predicted molar refractivity (Wildman–Crippen MR) is 115 cm³/mol. The van der Waals surface area contributed by atoms with Gasteiger partial charge in [0.2, 0.25) is 5.91 Å². The quantitative estimate of drug-likeness (QED) is 0.108. The third kappa shape index (κ3) is 7.50. The Bertz CT molecular complexity index is 701. The summed E-state index contributed by atoms with van der Waals surface area (Å²) < 4.78 is 21.8. The molecule has 0 radical (unpaired) electrons. The fraction of sp³-hybridized carbons (Fsp3) is 0.950. The van der Waals surface area contributed by atoms with E-state index in [1.807, 2.05) is 0 Å². The van der Waals surface area contributed by atoms with Crippen LogP contribution in [0.1, 0.15) is 6.92 Å². The van der Waals surface area contributed by atoms with Crippen molar-refractivity contribution in [3.05, 3.63) is 0 Å². The van der Waals surface area contributed by atoms with Crippen LogP contribution in [0.4, 0.5) is 0 Å². The summed E-state index contributed by atoms with van der Waals surface area (Å²) in [6.07, 6.45) is -23.0. The molecule has 2 heterocycles. The minimum Gasteiger partial charge on any atom is -0.394 e. The van der Waals surface area contributed by atoms with Crippen LogP contribution in [0.2, 0.25) is 0 Å². The molecule has 218 valence electrons. The number of ether oxygens (including phenoxy) is 4. The van der Waals surface area contributed by atoms with Crippen LogP contribution in [0.3, 0.4) is 0 Å². The van der Waals surface area contributed by atoms with Gasteiger partial charge in [-0.3, -0.25) is 4.79 Å². The average Bonchev–Trinajstić information content (AvgIpc) is 2.88. The Morgan fingerprint density at radius 1 is 0.730 bits per heavy atom. The van der Waals surface area contributed by atoms with E-state index in [-0.39, 0.29) is 0 Å². The monoisotopic (exact) mass is 547 g/mol. The summed E-state index contributed by atoms with van der Waals surface area (Å²) in [4.78, 5) is 11.7. The predicted octanol–water partition coefficient (Wildman–Crippen LogP) is -7.79. The number of hydrogen-bond acceptors (Lipinski definition) is 16. The maximum absolute atomic E-state index is 11.7. The Kier molecular flexibility index (Phi) is 12.4. The zero-order chi connectivity index (χ0) is 28.0. The van der Waals surface area contributed by atoms with E-state index in [0.717, 1.165) is 6.92 Å². The van der Waals surface area contributed by atoms with Crippen LogP contribution in [0, 0.1) is 0 Å². The van der Waals surface area contributed by atoms with Crippen molar-refractivity contribution in [3.8, 4) is 0 Å². The number of carbonyl (C=O) groups is 1. The average molecular weight is 548 g/mol. The van der Waals surface area contributed by atoms with Crippen LogP contribution < -0.4 is 5.32 Å². The largest absolute Gasteiger partial charge is 0.394 e. The summed E-state index contributed by atoms with van der Waals surface area (Å²) in [6, 6.07) is -1.50. The zero-order valence-electron chi connectivity index (χ0n) is 19.9. The van der Waals surface area contributed by atoms with Crippen LogP contribution in [-0.4, -0.2) is 174 Å². The van der Waals surface area contributed by atoms with Gasteiger partial charge in [0, 0.05) is 6.92 Å². The van der Waals surface area contributed by atoms with Crippen LogP contribution >= 0.6 is 0 Å². The summed E-state index contributed by atoms with van der Waals surface area (Å²) in [5, 5.41) is 112. The van der Waals surface area contributed by atoms with E-state index >= 15 is 0 Å². The normalized spacial score (nSPS) is 40.0. The van der Waals surface area contributed by atoms with E-state index in [2.05, 4.69) is 5.32 Å². The van der Waals surface area contributed by atoms with Gasteiger partial charge in [-0.15, -0.1) is 0 Å². The Morgan fingerprint density at radius 3 is 1.59 bits per heavy atom. The number of hydrogen-bond donors (Lipinski definition) is 12. The standard InChI is InChI=1S/C20H37NO16/c1-6(26)21-11-14(31)12(29)9(4-24)34-19(11)36-17(7(27)2-22)18(8(28)3-23)37-20-16(33)15(32)13(30)10(5-25)35-20/h7-20,22-25,27-33H,2-5H2,1H3,(H,21,26)/t7-,8-,9-,10-,11-,12-,13-,14-,15+,16+,17-,18-,19+,20-/m1/s1. The topological polar surface area (TPSA) is 289 Å².